The molecule has 0 atom stereocenters. The highest BCUT2D eigenvalue weighted by molar-refractivity contribution is 6.98. The van der Waals surface area contributed by atoms with Crippen LogP contribution in [0.2, 0.25) is 0 Å². The van der Waals surface area contributed by atoms with Crippen LogP contribution in [0, 0.1) is 0 Å². The second-order valence-electron chi connectivity index (χ2n) is 8.54. The molecule has 0 spiro atoms. The highest BCUT2D eigenvalue weighted by Crippen LogP contribution is 2.36. The minimum atomic E-state index is 0. The minimum Gasteiger partial charge on any atom is -0.458 e. The van der Waals surface area contributed by atoms with E-state index in [0.717, 1.165) is 39.6 Å². The molecule has 0 amide bonds. The third-order valence-electron chi connectivity index (χ3n) is 6.62. The molecule has 0 saturated carbocycles. The third kappa shape index (κ3) is 3.13. The van der Waals surface area contributed by atoms with Crippen molar-refractivity contribution in [2.75, 3.05) is 0 Å². The van der Waals surface area contributed by atoms with Crippen LogP contribution in [0.4, 0.5) is 0 Å². The summed E-state index contributed by atoms with van der Waals surface area (Å²) in [6, 6.07) is 40.1. The first kappa shape index (κ1) is 20.4. The average Bonchev–Trinajstić information content (AvgIpc) is 2.89. The quantitative estimate of drug-likeness (QED) is 0.292. The number of hydrogen-bond acceptors (Lipinski definition) is 2. The highest BCUT2D eigenvalue weighted by Gasteiger charge is 2.40. The molecule has 0 radical (unpaired) electrons. The molecule has 0 unspecified atom stereocenters. The predicted octanol–water partition coefficient (Wildman–Crippen LogP) is 6.38. The largest absolute Gasteiger partial charge is 0.458 e. The zero-order valence-corrected chi connectivity index (χ0v) is 17.9. The Morgan fingerprint density at radius 3 is 1.35 bits per heavy atom. The summed E-state index contributed by atoms with van der Waals surface area (Å²) in [6.07, 6.45) is 0. The van der Waals surface area contributed by atoms with E-state index >= 15 is 0 Å². The zero-order chi connectivity index (χ0) is 21.8. The monoisotopic (exact) mass is 438 g/mol. The minimum absolute atomic E-state index is 0. The molecule has 0 fully saturated rings. The zero-order valence-electron chi connectivity index (χ0n) is 17.9. The molecule has 0 N–H and O–H groups in total. The summed E-state index contributed by atoms with van der Waals surface area (Å²) in [5, 5.41) is 0. The fraction of sp³-hybridized carbons (Fsp3) is 0.0323. The van der Waals surface area contributed by atoms with Crippen LogP contribution >= 0.6 is 0 Å². The van der Waals surface area contributed by atoms with E-state index in [4.69, 9.17) is 9.47 Å². The van der Waals surface area contributed by atoms with Crippen LogP contribution in [0.25, 0.3) is 22.3 Å². The lowest BCUT2D eigenvalue weighted by molar-refractivity contribution is 0.464. The third-order valence-corrected chi connectivity index (χ3v) is 6.62. The van der Waals surface area contributed by atoms with E-state index in [0.29, 0.717) is 0 Å². The fourth-order valence-electron chi connectivity index (χ4n) is 5.04. The second kappa shape index (κ2) is 7.96. The molecule has 7 rings (SSSR count). The topological polar surface area (TPSA) is 18.5 Å². The van der Waals surface area contributed by atoms with Gasteiger partial charge in [0.25, 0.3) is 6.71 Å². The number of rotatable bonds is 2. The van der Waals surface area contributed by atoms with Gasteiger partial charge in [0, 0.05) is 5.46 Å². The van der Waals surface area contributed by atoms with Crippen molar-refractivity contribution >= 4 is 23.1 Å². The molecule has 0 bridgehead atoms. The van der Waals surface area contributed by atoms with Gasteiger partial charge in [-0.25, -0.2) is 0 Å². The number of benzene rings is 5. The first-order chi connectivity index (χ1) is 16.3. The van der Waals surface area contributed by atoms with Gasteiger partial charge >= 0.3 is 0 Å². The maximum absolute atomic E-state index is 6.41. The van der Waals surface area contributed by atoms with E-state index in [9.17, 15) is 0 Å². The van der Waals surface area contributed by atoms with Gasteiger partial charge in [-0.05, 0) is 57.4 Å². The maximum atomic E-state index is 6.41. The van der Waals surface area contributed by atoms with Crippen LogP contribution in [-0.2, 0) is 0 Å². The van der Waals surface area contributed by atoms with Crippen LogP contribution < -0.4 is 25.9 Å². The highest BCUT2D eigenvalue weighted by atomic mass is 16.5. The summed E-state index contributed by atoms with van der Waals surface area (Å²) < 4.78 is 12.8. The molecule has 0 saturated heterocycles. The predicted molar refractivity (Wildman–Crippen MR) is 142 cm³/mol. The van der Waals surface area contributed by atoms with E-state index < -0.39 is 0 Å². The Kier molecular flexibility index (Phi) is 4.77. The Hall–Kier alpha value is -4.24. The average molecular weight is 438 g/mol. The van der Waals surface area contributed by atoms with E-state index in [2.05, 4.69) is 84.9 Å². The second-order valence-corrected chi connectivity index (χ2v) is 8.54. The van der Waals surface area contributed by atoms with E-state index in [1.165, 1.54) is 22.1 Å². The van der Waals surface area contributed by atoms with Gasteiger partial charge < -0.3 is 9.47 Å². The number of hydrogen-bond donors (Lipinski definition) is 0. The molecule has 34 heavy (non-hydrogen) atoms. The van der Waals surface area contributed by atoms with Gasteiger partial charge in [-0.3, -0.25) is 0 Å². The van der Waals surface area contributed by atoms with E-state index in [-0.39, 0.29) is 14.1 Å². The molecule has 162 valence electrons. The van der Waals surface area contributed by atoms with Gasteiger partial charge in [0.2, 0.25) is 0 Å². The van der Waals surface area contributed by atoms with Crippen molar-refractivity contribution in [3.8, 4) is 45.3 Å². The summed E-state index contributed by atoms with van der Waals surface area (Å²) in [7, 11) is 0. The van der Waals surface area contributed by atoms with Crippen molar-refractivity contribution in [3.05, 3.63) is 115 Å². The fourth-order valence-corrected chi connectivity index (χ4v) is 5.04. The summed E-state index contributed by atoms with van der Waals surface area (Å²) >= 11 is 0. The lowest BCUT2D eigenvalue weighted by atomic mass is 9.35. The van der Waals surface area contributed by atoms with Crippen molar-refractivity contribution in [2.24, 2.45) is 0 Å². The summed E-state index contributed by atoms with van der Waals surface area (Å²) in [5.41, 5.74) is 8.13. The smallest absolute Gasteiger partial charge is 0.260 e. The molecule has 0 aromatic heterocycles. The molecule has 5 aromatic rings. The molecule has 3 heteroatoms. The lowest BCUT2D eigenvalue weighted by Gasteiger charge is -2.33. The van der Waals surface area contributed by atoms with Gasteiger partial charge in [-0.2, -0.15) is 0 Å². The van der Waals surface area contributed by atoms with Crippen LogP contribution in [0.1, 0.15) is 7.43 Å². The summed E-state index contributed by atoms with van der Waals surface area (Å²) in [4.78, 5) is 0. The molecule has 2 nitrogen and oxygen atoms in total. The first-order valence-corrected chi connectivity index (χ1v) is 11.2. The molecule has 5 aromatic carbocycles. The molecular weight excluding hydrogens is 415 g/mol. The van der Waals surface area contributed by atoms with Crippen molar-refractivity contribution < 1.29 is 9.47 Å². The Balaban J connectivity index is 0.00000217. The molecule has 2 aliphatic rings. The van der Waals surface area contributed by atoms with Crippen molar-refractivity contribution in [3.63, 3.8) is 0 Å². The Labute approximate surface area is 200 Å². The van der Waals surface area contributed by atoms with Crippen LogP contribution in [0.15, 0.2) is 115 Å². The number of ether oxygens (including phenoxy) is 2. The molecule has 0 aliphatic carbocycles. The van der Waals surface area contributed by atoms with E-state index in [1.807, 2.05) is 30.3 Å². The van der Waals surface area contributed by atoms with Gasteiger partial charge in [0.15, 0.2) is 0 Å². The van der Waals surface area contributed by atoms with Crippen molar-refractivity contribution in [1.82, 2.24) is 0 Å². The standard InChI is InChI=1S/C30H19BO2.CH4/c1-3-8-20(9-4-1)22-14-16-24-28(18-22)32-26-12-7-13-27-30(26)31(24)25-17-15-23(19-29(25)33-27)21-10-5-2-6-11-21;/h1-19H;1H4. The van der Waals surface area contributed by atoms with E-state index in [1.54, 1.807) is 0 Å². The Morgan fingerprint density at radius 1 is 0.412 bits per heavy atom. The molecule has 2 heterocycles. The van der Waals surface area contributed by atoms with Crippen LogP contribution in [0.3, 0.4) is 0 Å². The van der Waals surface area contributed by atoms with Crippen molar-refractivity contribution in [2.45, 2.75) is 7.43 Å². The molecule has 2 aliphatic heterocycles. The summed E-state index contributed by atoms with van der Waals surface area (Å²) in [6.45, 7) is 0.0818. The first-order valence-electron chi connectivity index (χ1n) is 11.2. The summed E-state index contributed by atoms with van der Waals surface area (Å²) in [5.74, 6) is 3.55. The van der Waals surface area contributed by atoms with Gasteiger partial charge in [0.1, 0.15) is 23.0 Å². The molecular formula is C31H23BO2. The van der Waals surface area contributed by atoms with Crippen LogP contribution in [0.5, 0.6) is 23.0 Å². The van der Waals surface area contributed by atoms with Crippen LogP contribution in [-0.4, -0.2) is 6.71 Å². The Morgan fingerprint density at radius 2 is 0.882 bits per heavy atom. The van der Waals surface area contributed by atoms with Gasteiger partial charge in [-0.1, -0.05) is 98.4 Å². The normalized spacial score (nSPS) is 12.3. The lowest BCUT2D eigenvalue weighted by Crippen LogP contribution is -2.57. The van der Waals surface area contributed by atoms with Gasteiger partial charge in [-0.15, -0.1) is 0 Å². The van der Waals surface area contributed by atoms with Crippen molar-refractivity contribution in [1.29, 1.82) is 0 Å². The van der Waals surface area contributed by atoms with Gasteiger partial charge in [0.05, 0.1) is 0 Å². The maximum Gasteiger partial charge on any atom is 0.260 e. The SMILES string of the molecule is C.c1ccc(-c2ccc3c(c2)Oc2cccc4c2B3c2ccc(-c3ccccc3)cc2O4)cc1. The number of fused-ring (bicyclic) bond motifs is 4. The Bertz CT molecular complexity index is 1400.